The molecule has 74 valence electrons. The summed E-state index contributed by atoms with van der Waals surface area (Å²) in [4.78, 5) is 9.14. The summed E-state index contributed by atoms with van der Waals surface area (Å²) in [5.41, 5.74) is 1.12. The second-order valence-electron chi connectivity index (χ2n) is 2.99. The van der Waals surface area contributed by atoms with Crippen LogP contribution in [0, 0.1) is 3.01 Å². The summed E-state index contributed by atoms with van der Waals surface area (Å²) in [5, 5.41) is 0. The molecule has 0 unspecified atom stereocenters. The topological polar surface area (TPSA) is 25.8 Å². The van der Waals surface area contributed by atoms with Crippen molar-refractivity contribution in [1.82, 2.24) is 9.36 Å². The molecule has 1 heterocycles. The van der Waals surface area contributed by atoms with E-state index in [1.165, 1.54) is 3.01 Å². The number of rotatable bonds is 2. The molecular formula is C10H11IN2S. The summed E-state index contributed by atoms with van der Waals surface area (Å²) >= 11 is 0.614. The second-order valence-corrected chi connectivity index (χ2v) is 9.81. The fourth-order valence-electron chi connectivity index (χ4n) is 1.06. The first-order valence-electron chi connectivity index (χ1n) is 4.16. The van der Waals surface area contributed by atoms with Crippen molar-refractivity contribution in [3.8, 4) is 11.4 Å². The van der Waals surface area contributed by atoms with Gasteiger partial charge in [0.05, 0.1) is 0 Å². The first kappa shape index (κ1) is 10.0. The van der Waals surface area contributed by atoms with Crippen LogP contribution in [0.1, 0.15) is 0 Å². The Morgan fingerprint density at radius 1 is 1.14 bits per heavy atom. The number of halogens is 1. The molecule has 2 aromatic rings. The molecule has 1 aromatic heterocycles. The SMILES string of the molecule is CI(C)c1nc(-c2ccccc2)ns1. The van der Waals surface area contributed by atoms with Gasteiger partial charge >= 0.3 is 95.3 Å². The van der Waals surface area contributed by atoms with Crippen LogP contribution in [0.15, 0.2) is 30.3 Å². The van der Waals surface area contributed by atoms with Crippen molar-refractivity contribution >= 4 is 31.4 Å². The molecule has 0 amide bonds. The van der Waals surface area contributed by atoms with Crippen molar-refractivity contribution in [2.24, 2.45) is 0 Å². The zero-order valence-corrected chi connectivity index (χ0v) is 11.0. The Morgan fingerprint density at radius 3 is 2.43 bits per heavy atom. The molecule has 1 aromatic carbocycles. The molecule has 0 N–H and O–H groups in total. The maximum absolute atomic E-state index is 4.56. The molecule has 0 bridgehead atoms. The minimum atomic E-state index is -0.947. The van der Waals surface area contributed by atoms with Crippen molar-refractivity contribution < 1.29 is 0 Å². The molecule has 4 heteroatoms. The van der Waals surface area contributed by atoms with E-state index in [2.05, 4.69) is 31.4 Å². The molecule has 0 radical (unpaired) electrons. The van der Waals surface area contributed by atoms with Crippen molar-refractivity contribution in [1.29, 1.82) is 0 Å². The average molecular weight is 318 g/mol. The van der Waals surface area contributed by atoms with E-state index in [4.69, 9.17) is 0 Å². The van der Waals surface area contributed by atoms with Gasteiger partial charge in [0.25, 0.3) is 0 Å². The van der Waals surface area contributed by atoms with Crippen LogP contribution in [-0.2, 0) is 0 Å². The maximum atomic E-state index is 4.56. The summed E-state index contributed by atoms with van der Waals surface area (Å²) in [7, 11) is 0. The standard InChI is InChI=1S/C10H11IN2S/c1-11(2)10-12-9(13-14-10)8-6-4-3-5-7-8/h3-7H,1-2H3. The quantitative estimate of drug-likeness (QED) is 0.628. The van der Waals surface area contributed by atoms with Crippen LogP contribution in [0.2, 0.25) is 0 Å². The van der Waals surface area contributed by atoms with E-state index in [1.54, 1.807) is 11.5 Å². The number of hydrogen-bond acceptors (Lipinski definition) is 3. The van der Waals surface area contributed by atoms with Crippen LogP contribution in [0.3, 0.4) is 0 Å². The van der Waals surface area contributed by atoms with Crippen LogP contribution in [-0.4, -0.2) is 19.2 Å². The van der Waals surface area contributed by atoms with Gasteiger partial charge in [0.2, 0.25) is 0 Å². The molecule has 0 saturated carbocycles. The molecule has 0 fully saturated rings. The Balaban J connectivity index is 2.34. The average Bonchev–Trinajstić information content (AvgIpc) is 2.68. The van der Waals surface area contributed by atoms with Gasteiger partial charge in [0.1, 0.15) is 0 Å². The summed E-state index contributed by atoms with van der Waals surface area (Å²) < 4.78 is 5.63. The normalized spacial score (nSPS) is 11.4. The van der Waals surface area contributed by atoms with E-state index in [0.717, 1.165) is 11.4 Å². The Kier molecular flexibility index (Phi) is 3.12. The van der Waals surface area contributed by atoms with Crippen LogP contribution < -0.4 is 0 Å². The van der Waals surface area contributed by atoms with Crippen LogP contribution in [0.4, 0.5) is 0 Å². The molecule has 0 atom stereocenters. The van der Waals surface area contributed by atoms with Crippen molar-refractivity contribution in [2.75, 3.05) is 9.86 Å². The second kappa shape index (κ2) is 4.35. The Hall–Kier alpha value is -0.490. The van der Waals surface area contributed by atoms with Crippen LogP contribution in [0.25, 0.3) is 11.4 Å². The van der Waals surface area contributed by atoms with E-state index in [9.17, 15) is 0 Å². The molecule has 0 spiro atoms. The monoisotopic (exact) mass is 318 g/mol. The molecule has 14 heavy (non-hydrogen) atoms. The third kappa shape index (κ3) is 2.12. The van der Waals surface area contributed by atoms with Crippen molar-refractivity contribution in [3.05, 3.63) is 33.3 Å². The van der Waals surface area contributed by atoms with Crippen LogP contribution >= 0.6 is 31.4 Å². The van der Waals surface area contributed by atoms with E-state index < -0.39 is 19.8 Å². The minimum absolute atomic E-state index is 0.886. The summed E-state index contributed by atoms with van der Waals surface area (Å²) in [6, 6.07) is 10.1. The third-order valence-corrected chi connectivity index (χ3v) is 7.01. The van der Waals surface area contributed by atoms with Crippen molar-refractivity contribution in [3.63, 3.8) is 0 Å². The molecular weight excluding hydrogens is 307 g/mol. The zero-order chi connectivity index (χ0) is 9.97. The van der Waals surface area contributed by atoms with E-state index in [0.29, 0.717) is 0 Å². The number of hydrogen-bond donors (Lipinski definition) is 0. The van der Waals surface area contributed by atoms with Gasteiger partial charge in [-0.1, -0.05) is 0 Å². The predicted molar refractivity (Wildman–Crippen MR) is 69.9 cm³/mol. The molecule has 0 aliphatic heterocycles. The molecule has 2 nitrogen and oxygen atoms in total. The molecule has 2 rings (SSSR count). The predicted octanol–water partition coefficient (Wildman–Crippen LogP) is 3.14. The van der Waals surface area contributed by atoms with Gasteiger partial charge in [0, 0.05) is 0 Å². The van der Waals surface area contributed by atoms with Crippen molar-refractivity contribution in [2.45, 2.75) is 0 Å². The van der Waals surface area contributed by atoms with Crippen LogP contribution in [0.5, 0.6) is 0 Å². The van der Waals surface area contributed by atoms with E-state index in [1.807, 2.05) is 18.2 Å². The van der Waals surface area contributed by atoms with Gasteiger partial charge in [-0.05, 0) is 0 Å². The number of benzene rings is 1. The fraction of sp³-hybridized carbons (Fsp3) is 0.200. The van der Waals surface area contributed by atoms with Gasteiger partial charge in [-0.2, -0.15) is 0 Å². The molecule has 0 aliphatic carbocycles. The fourth-order valence-corrected chi connectivity index (χ4v) is 3.82. The summed E-state index contributed by atoms with van der Waals surface area (Å²) in [6.07, 6.45) is 0. The summed E-state index contributed by atoms with van der Waals surface area (Å²) in [6.45, 7) is 0. The van der Waals surface area contributed by atoms with Gasteiger partial charge < -0.3 is 0 Å². The van der Waals surface area contributed by atoms with E-state index >= 15 is 0 Å². The summed E-state index contributed by atoms with van der Waals surface area (Å²) in [5.74, 6) is 0.886. The zero-order valence-electron chi connectivity index (χ0n) is 8.07. The number of aromatic nitrogens is 2. The number of alkyl halides is 2. The first-order valence-corrected chi connectivity index (χ1v) is 10.3. The third-order valence-electron chi connectivity index (χ3n) is 1.76. The van der Waals surface area contributed by atoms with Gasteiger partial charge in [0.15, 0.2) is 0 Å². The Bertz CT molecular complexity index is 411. The van der Waals surface area contributed by atoms with Gasteiger partial charge in [-0.3, -0.25) is 0 Å². The Morgan fingerprint density at radius 2 is 1.86 bits per heavy atom. The number of nitrogens with zero attached hydrogens (tertiary/aromatic N) is 2. The Labute approximate surface area is 94.9 Å². The van der Waals surface area contributed by atoms with Gasteiger partial charge in [-0.25, -0.2) is 0 Å². The molecule has 0 aliphatic rings. The van der Waals surface area contributed by atoms with E-state index in [-0.39, 0.29) is 0 Å². The van der Waals surface area contributed by atoms with Gasteiger partial charge in [-0.15, -0.1) is 0 Å². The molecule has 0 saturated heterocycles. The first-order chi connectivity index (χ1) is 6.77.